The molecule has 0 saturated heterocycles. The maximum atomic E-state index is 4.20. The summed E-state index contributed by atoms with van der Waals surface area (Å²) in [6.45, 7) is 0. The number of aromatic nitrogens is 2. The highest BCUT2D eigenvalue weighted by molar-refractivity contribution is 14.1. The van der Waals surface area contributed by atoms with Crippen molar-refractivity contribution in [1.82, 2.24) is 9.38 Å². The van der Waals surface area contributed by atoms with Gasteiger partial charge in [-0.25, -0.2) is 4.98 Å². The average Bonchev–Trinajstić information content (AvgIpc) is 2.34. The van der Waals surface area contributed by atoms with Crippen LogP contribution in [0.2, 0.25) is 0 Å². The quantitative estimate of drug-likeness (QED) is 0.652. The summed E-state index contributed by atoms with van der Waals surface area (Å²) in [5.41, 5.74) is 1.20. The van der Waals surface area contributed by atoms with Crippen molar-refractivity contribution in [3.8, 4) is 0 Å². The van der Waals surface area contributed by atoms with Gasteiger partial charge in [-0.15, -0.1) is 0 Å². The number of rotatable bonds is 0. The van der Waals surface area contributed by atoms with E-state index in [1.807, 2.05) is 23.0 Å². The van der Waals surface area contributed by atoms with Gasteiger partial charge in [-0.3, -0.25) is 0 Å². The van der Waals surface area contributed by atoms with E-state index in [9.17, 15) is 0 Å². The van der Waals surface area contributed by atoms with Gasteiger partial charge in [0.2, 0.25) is 0 Å². The zero-order valence-corrected chi connectivity index (χ0v) is 9.77. The van der Waals surface area contributed by atoms with Crippen LogP contribution >= 0.6 is 45.2 Å². The van der Waals surface area contributed by atoms with E-state index in [0.717, 1.165) is 3.70 Å². The smallest absolute Gasteiger partial charge is 0.128 e. The molecule has 0 aliphatic rings. The number of nitrogens with zero attached hydrogens (tertiary/aromatic N) is 2. The van der Waals surface area contributed by atoms with Gasteiger partial charge in [0, 0.05) is 9.77 Å². The molecule has 0 aliphatic carbocycles. The van der Waals surface area contributed by atoms with Gasteiger partial charge in [-0.05, 0) is 57.3 Å². The Morgan fingerprint density at radius 3 is 2.91 bits per heavy atom. The van der Waals surface area contributed by atoms with Crippen molar-refractivity contribution in [2.24, 2.45) is 0 Å². The molecule has 0 aliphatic heterocycles. The fraction of sp³-hybridized carbons (Fsp3) is 0. The standard InChI is InChI=1S/C7H4I2N2/c8-5-2-1-3-11-4-10-7(9)6(5)11/h1-4H. The Morgan fingerprint density at radius 1 is 1.36 bits per heavy atom. The normalized spacial score (nSPS) is 10.7. The van der Waals surface area contributed by atoms with Gasteiger partial charge in [0.1, 0.15) is 10.0 Å². The Kier molecular flexibility index (Phi) is 2.04. The summed E-state index contributed by atoms with van der Waals surface area (Å²) >= 11 is 4.56. The van der Waals surface area contributed by atoms with Crippen LogP contribution in [0.5, 0.6) is 0 Å². The molecule has 0 radical (unpaired) electrons. The van der Waals surface area contributed by atoms with Crippen molar-refractivity contribution in [3.63, 3.8) is 0 Å². The SMILES string of the molecule is Ic1cccn2cnc(I)c12. The molecular weight excluding hydrogens is 366 g/mol. The van der Waals surface area contributed by atoms with Crippen LogP contribution < -0.4 is 0 Å². The predicted octanol–water partition coefficient (Wildman–Crippen LogP) is 2.54. The monoisotopic (exact) mass is 370 g/mol. The van der Waals surface area contributed by atoms with E-state index in [1.54, 1.807) is 0 Å². The lowest BCUT2D eigenvalue weighted by molar-refractivity contribution is 1.15. The molecule has 2 heterocycles. The van der Waals surface area contributed by atoms with Gasteiger partial charge in [-0.2, -0.15) is 0 Å². The van der Waals surface area contributed by atoms with E-state index in [4.69, 9.17) is 0 Å². The zero-order chi connectivity index (χ0) is 7.84. The Labute approximate surface area is 91.3 Å². The van der Waals surface area contributed by atoms with E-state index >= 15 is 0 Å². The molecule has 0 aromatic carbocycles. The fourth-order valence-corrected chi connectivity index (χ4v) is 2.92. The van der Waals surface area contributed by atoms with Crippen LogP contribution in [-0.2, 0) is 0 Å². The molecular formula is C7H4I2N2. The first-order valence-corrected chi connectivity index (χ1v) is 5.21. The van der Waals surface area contributed by atoms with Crippen LogP contribution in [0.3, 0.4) is 0 Å². The largest absolute Gasteiger partial charge is 0.304 e. The van der Waals surface area contributed by atoms with Crippen molar-refractivity contribution in [2.75, 3.05) is 0 Å². The minimum atomic E-state index is 1.06. The second-order valence-corrected chi connectivity index (χ2v) is 4.33. The molecule has 2 nitrogen and oxygen atoms in total. The lowest BCUT2D eigenvalue weighted by Gasteiger charge is -1.94. The third-order valence-electron chi connectivity index (χ3n) is 1.46. The van der Waals surface area contributed by atoms with E-state index in [0.29, 0.717) is 0 Å². The lowest BCUT2D eigenvalue weighted by atomic mass is 10.4. The molecule has 0 fully saturated rings. The molecule has 2 aromatic heterocycles. The molecule has 2 aromatic rings. The number of hydrogen-bond acceptors (Lipinski definition) is 1. The Balaban J connectivity index is 2.96. The van der Waals surface area contributed by atoms with Crippen LogP contribution in [-0.4, -0.2) is 9.38 Å². The predicted molar refractivity (Wildman–Crippen MR) is 60.6 cm³/mol. The second kappa shape index (κ2) is 2.89. The summed E-state index contributed by atoms with van der Waals surface area (Å²) in [6, 6.07) is 4.10. The number of hydrogen-bond donors (Lipinski definition) is 0. The third-order valence-corrected chi connectivity index (χ3v) is 3.12. The Morgan fingerprint density at radius 2 is 2.18 bits per heavy atom. The van der Waals surface area contributed by atoms with Crippen LogP contribution in [0.25, 0.3) is 5.52 Å². The number of halogens is 2. The van der Waals surface area contributed by atoms with E-state index in [2.05, 4.69) is 56.2 Å². The average molecular weight is 370 g/mol. The number of pyridine rings is 1. The molecule has 4 heteroatoms. The fourth-order valence-electron chi connectivity index (χ4n) is 0.972. The van der Waals surface area contributed by atoms with Crippen molar-refractivity contribution >= 4 is 50.7 Å². The minimum Gasteiger partial charge on any atom is -0.304 e. The molecule has 0 unspecified atom stereocenters. The zero-order valence-electron chi connectivity index (χ0n) is 5.46. The molecule has 0 amide bonds. The first-order chi connectivity index (χ1) is 5.29. The maximum absolute atomic E-state index is 4.20. The van der Waals surface area contributed by atoms with Crippen LogP contribution in [0.15, 0.2) is 24.7 Å². The highest BCUT2D eigenvalue weighted by Crippen LogP contribution is 2.18. The molecule has 0 atom stereocenters. The van der Waals surface area contributed by atoms with Crippen molar-refractivity contribution in [1.29, 1.82) is 0 Å². The van der Waals surface area contributed by atoms with Crippen LogP contribution in [0, 0.1) is 7.27 Å². The van der Waals surface area contributed by atoms with Crippen molar-refractivity contribution in [2.45, 2.75) is 0 Å². The summed E-state index contributed by atoms with van der Waals surface area (Å²) < 4.78 is 4.34. The maximum Gasteiger partial charge on any atom is 0.128 e. The molecule has 0 bridgehead atoms. The number of imidazole rings is 1. The van der Waals surface area contributed by atoms with Gasteiger partial charge >= 0.3 is 0 Å². The molecule has 56 valence electrons. The number of fused-ring (bicyclic) bond motifs is 1. The van der Waals surface area contributed by atoms with Crippen LogP contribution in [0.1, 0.15) is 0 Å². The molecule has 11 heavy (non-hydrogen) atoms. The molecule has 2 rings (SSSR count). The van der Waals surface area contributed by atoms with Gasteiger partial charge in [-0.1, -0.05) is 0 Å². The van der Waals surface area contributed by atoms with E-state index in [1.165, 1.54) is 9.09 Å². The lowest BCUT2D eigenvalue weighted by Crippen LogP contribution is -1.83. The summed E-state index contributed by atoms with van der Waals surface area (Å²) in [5.74, 6) is 0. The van der Waals surface area contributed by atoms with Crippen molar-refractivity contribution in [3.05, 3.63) is 31.9 Å². The molecule has 0 N–H and O–H groups in total. The summed E-state index contributed by atoms with van der Waals surface area (Å²) in [4.78, 5) is 4.20. The molecule has 0 spiro atoms. The summed E-state index contributed by atoms with van der Waals surface area (Å²) in [5, 5.41) is 0. The topological polar surface area (TPSA) is 17.3 Å². The summed E-state index contributed by atoms with van der Waals surface area (Å²) in [7, 11) is 0. The van der Waals surface area contributed by atoms with Gasteiger partial charge in [0.05, 0.1) is 5.52 Å². The second-order valence-electron chi connectivity index (χ2n) is 2.15. The van der Waals surface area contributed by atoms with Gasteiger partial charge in [0.15, 0.2) is 0 Å². The van der Waals surface area contributed by atoms with Crippen molar-refractivity contribution < 1.29 is 0 Å². The van der Waals surface area contributed by atoms with E-state index in [-0.39, 0.29) is 0 Å². The Hall–Kier alpha value is 0.150. The molecule has 0 saturated carbocycles. The highest BCUT2D eigenvalue weighted by atomic mass is 127. The van der Waals surface area contributed by atoms with E-state index < -0.39 is 0 Å². The first kappa shape index (κ1) is 7.78. The van der Waals surface area contributed by atoms with Crippen LogP contribution in [0.4, 0.5) is 0 Å². The highest BCUT2D eigenvalue weighted by Gasteiger charge is 2.02. The first-order valence-electron chi connectivity index (χ1n) is 3.06. The van der Waals surface area contributed by atoms with Gasteiger partial charge < -0.3 is 4.40 Å². The minimum absolute atomic E-state index is 1.06. The third kappa shape index (κ3) is 1.26. The summed E-state index contributed by atoms with van der Waals surface area (Å²) in [6.07, 6.45) is 3.84. The Bertz CT molecular complexity index is 394. The van der Waals surface area contributed by atoms with Gasteiger partial charge in [0.25, 0.3) is 0 Å².